The predicted molar refractivity (Wildman–Crippen MR) is 101 cm³/mol. The van der Waals surface area contributed by atoms with Gasteiger partial charge in [0.15, 0.2) is 9.84 Å². The normalized spacial score (nSPS) is 11.5. The van der Waals surface area contributed by atoms with Gasteiger partial charge in [0.25, 0.3) is 5.91 Å². The van der Waals surface area contributed by atoms with Crippen LogP contribution >= 0.6 is 11.3 Å². The minimum Gasteiger partial charge on any atom is -0.368 e. The number of nitrogens with zero attached hydrogens (tertiary/aromatic N) is 3. The minimum atomic E-state index is -3.26. The molecule has 1 aromatic carbocycles. The molecule has 0 radical (unpaired) electrons. The Bertz CT molecular complexity index is 1050. The molecule has 0 unspecified atom stereocenters. The molecule has 3 aromatic rings. The number of carbonyl (C=O) groups excluding carboxylic acids is 1. The Hall–Kier alpha value is -2.72. The van der Waals surface area contributed by atoms with Crippen LogP contribution in [0.25, 0.3) is 0 Å². The number of benzene rings is 1. The van der Waals surface area contributed by atoms with Crippen LogP contribution in [-0.4, -0.2) is 34.8 Å². The number of carbonyl (C=O) groups is 1. The summed E-state index contributed by atoms with van der Waals surface area (Å²) in [5.41, 5.74) is 7.23. The van der Waals surface area contributed by atoms with E-state index in [2.05, 4.69) is 15.4 Å². The molecule has 8 nitrogen and oxygen atoms in total. The number of aryl methyl sites for hydroxylation is 1. The molecule has 0 saturated heterocycles. The summed E-state index contributed by atoms with van der Waals surface area (Å²) in [5.74, 6) is -0.196. The second-order valence-corrected chi connectivity index (χ2v) is 8.69. The number of hydrogen-bond acceptors (Lipinski definition) is 8. The van der Waals surface area contributed by atoms with Crippen molar-refractivity contribution in [3.8, 4) is 0 Å². The fourth-order valence-electron chi connectivity index (χ4n) is 2.26. The van der Waals surface area contributed by atoms with Gasteiger partial charge in [-0.05, 0) is 48.2 Å². The average molecular weight is 391 g/mol. The maximum absolute atomic E-state index is 12.5. The van der Waals surface area contributed by atoms with Gasteiger partial charge in [0.05, 0.1) is 15.5 Å². The molecule has 0 amide bonds. The van der Waals surface area contributed by atoms with E-state index in [0.29, 0.717) is 10.6 Å². The van der Waals surface area contributed by atoms with E-state index in [0.717, 1.165) is 10.2 Å². The SMILES string of the molecule is CCS(=O)(=O)c1ccc(Nc2nc(N)n(C(=O)c3sccc3C)n2)cc1. The summed E-state index contributed by atoms with van der Waals surface area (Å²) in [6.07, 6.45) is 0. The van der Waals surface area contributed by atoms with Crippen molar-refractivity contribution in [2.24, 2.45) is 0 Å². The van der Waals surface area contributed by atoms with E-state index < -0.39 is 9.84 Å². The fourth-order valence-corrected chi connectivity index (χ4v) is 3.99. The molecule has 0 aliphatic heterocycles. The number of nitrogen functional groups attached to an aromatic ring is 1. The van der Waals surface area contributed by atoms with Crippen LogP contribution in [0.5, 0.6) is 0 Å². The van der Waals surface area contributed by atoms with Crippen molar-refractivity contribution in [2.75, 3.05) is 16.8 Å². The lowest BCUT2D eigenvalue weighted by atomic mass is 10.3. The van der Waals surface area contributed by atoms with Gasteiger partial charge in [0.2, 0.25) is 11.9 Å². The summed E-state index contributed by atoms with van der Waals surface area (Å²) in [7, 11) is -3.26. The Kier molecular flexibility index (Phi) is 4.79. The molecule has 136 valence electrons. The Morgan fingerprint density at radius 1 is 1.27 bits per heavy atom. The predicted octanol–water partition coefficient (Wildman–Crippen LogP) is 2.46. The van der Waals surface area contributed by atoms with Gasteiger partial charge < -0.3 is 11.1 Å². The van der Waals surface area contributed by atoms with E-state index in [1.807, 2.05) is 18.4 Å². The molecule has 0 aliphatic carbocycles. The van der Waals surface area contributed by atoms with Crippen LogP contribution in [0.4, 0.5) is 17.6 Å². The molecule has 2 aromatic heterocycles. The van der Waals surface area contributed by atoms with E-state index >= 15 is 0 Å². The first kappa shape index (κ1) is 18.1. The molecule has 0 saturated carbocycles. The summed E-state index contributed by atoms with van der Waals surface area (Å²) in [5, 5.41) is 8.83. The van der Waals surface area contributed by atoms with E-state index in [4.69, 9.17) is 5.73 Å². The molecular weight excluding hydrogens is 374 g/mol. The van der Waals surface area contributed by atoms with Crippen LogP contribution in [0.3, 0.4) is 0 Å². The van der Waals surface area contributed by atoms with Crippen LogP contribution in [0.1, 0.15) is 22.2 Å². The van der Waals surface area contributed by atoms with Crippen molar-refractivity contribution in [1.82, 2.24) is 14.8 Å². The van der Waals surface area contributed by atoms with Crippen LogP contribution in [0.15, 0.2) is 40.6 Å². The summed E-state index contributed by atoms with van der Waals surface area (Å²) >= 11 is 1.31. The first-order chi connectivity index (χ1) is 12.3. The van der Waals surface area contributed by atoms with Gasteiger partial charge in [-0.25, -0.2) is 8.42 Å². The number of nitrogens with one attached hydrogen (secondary N) is 1. The van der Waals surface area contributed by atoms with Gasteiger partial charge in [-0.15, -0.1) is 16.4 Å². The summed E-state index contributed by atoms with van der Waals surface area (Å²) < 4.78 is 24.7. The van der Waals surface area contributed by atoms with Crippen molar-refractivity contribution in [1.29, 1.82) is 0 Å². The second kappa shape index (κ2) is 6.89. The smallest absolute Gasteiger partial charge is 0.291 e. The van der Waals surface area contributed by atoms with Gasteiger partial charge in [0.1, 0.15) is 0 Å². The van der Waals surface area contributed by atoms with Crippen LogP contribution in [0, 0.1) is 6.92 Å². The third-order valence-corrected chi connectivity index (χ3v) is 6.49. The van der Waals surface area contributed by atoms with Crippen LogP contribution in [-0.2, 0) is 9.84 Å². The number of rotatable bonds is 5. The van der Waals surface area contributed by atoms with Gasteiger partial charge in [-0.1, -0.05) is 6.92 Å². The Morgan fingerprint density at radius 2 is 1.96 bits per heavy atom. The summed E-state index contributed by atoms with van der Waals surface area (Å²) in [4.78, 5) is 17.3. The lowest BCUT2D eigenvalue weighted by Gasteiger charge is -2.04. The van der Waals surface area contributed by atoms with Crippen LogP contribution < -0.4 is 11.1 Å². The Morgan fingerprint density at radius 3 is 2.54 bits per heavy atom. The highest BCUT2D eigenvalue weighted by Crippen LogP contribution is 2.21. The van der Waals surface area contributed by atoms with Crippen molar-refractivity contribution in [2.45, 2.75) is 18.7 Å². The van der Waals surface area contributed by atoms with Crippen LogP contribution in [0.2, 0.25) is 0 Å². The van der Waals surface area contributed by atoms with Gasteiger partial charge in [-0.3, -0.25) is 4.79 Å². The van der Waals surface area contributed by atoms with E-state index in [1.165, 1.54) is 23.5 Å². The van der Waals surface area contributed by atoms with Gasteiger partial charge in [-0.2, -0.15) is 9.67 Å². The highest BCUT2D eigenvalue weighted by Gasteiger charge is 2.19. The molecule has 0 aliphatic rings. The van der Waals surface area contributed by atoms with E-state index in [9.17, 15) is 13.2 Å². The largest absolute Gasteiger partial charge is 0.368 e. The van der Waals surface area contributed by atoms with Crippen molar-refractivity contribution in [3.63, 3.8) is 0 Å². The number of sulfone groups is 1. The zero-order valence-corrected chi connectivity index (χ0v) is 15.8. The molecule has 2 heterocycles. The maximum atomic E-state index is 12.5. The molecule has 3 rings (SSSR count). The first-order valence-corrected chi connectivity index (χ1v) is 10.3. The van der Waals surface area contributed by atoms with Gasteiger partial charge in [0, 0.05) is 5.69 Å². The number of nitrogens with two attached hydrogens (primary N) is 1. The third-order valence-electron chi connectivity index (χ3n) is 3.73. The summed E-state index contributed by atoms with van der Waals surface area (Å²) in [6, 6.07) is 8.05. The summed E-state index contributed by atoms with van der Waals surface area (Å²) in [6.45, 7) is 3.43. The van der Waals surface area contributed by atoms with Crippen molar-refractivity contribution >= 4 is 44.7 Å². The van der Waals surface area contributed by atoms with Crippen molar-refractivity contribution < 1.29 is 13.2 Å². The number of hydrogen-bond donors (Lipinski definition) is 2. The maximum Gasteiger partial charge on any atom is 0.291 e. The minimum absolute atomic E-state index is 0.0320. The zero-order chi connectivity index (χ0) is 18.9. The van der Waals surface area contributed by atoms with E-state index in [-0.39, 0.29) is 28.5 Å². The number of aromatic nitrogens is 3. The average Bonchev–Trinajstić information content (AvgIpc) is 3.20. The highest BCUT2D eigenvalue weighted by molar-refractivity contribution is 7.91. The monoisotopic (exact) mass is 391 g/mol. The van der Waals surface area contributed by atoms with Gasteiger partial charge >= 0.3 is 0 Å². The second-order valence-electron chi connectivity index (χ2n) is 5.50. The Labute approximate surface area is 154 Å². The quantitative estimate of drug-likeness (QED) is 0.685. The highest BCUT2D eigenvalue weighted by atomic mass is 32.2. The van der Waals surface area contributed by atoms with E-state index in [1.54, 1.807) is 19.1 Å². The van der Waals surface area contributed by atoms with Crippen molar-refractivity contribution in [3.05, 3.63) is 46.2 Å². The molecule has 0 bridgehead atoms. The lowest BCUT2D eigenvalue weighted by molar-refractivity contribution is 0.0951. The molecule has 0 fully saturated rings. The third kappa shape index (κ3) is 3.46. The molecule has 10 heteroatoms. The molecule has 26 heavy (non-hydrogen) atoms. The first-order valence-electron chi connectivity index (χ1n) is 7.73. The number of anilines is 3. The standard InChI is InChI=1S/C16H17N5O3S2/c1-3-26(23,24)12-6-4-11(5-7-12)18-16-19-15(17)21(20-16)14(22)13-10(2)8-9-25-13/h4-9H,3H2,1-2H3,(H3,17,18,19,20). The Balaban J connectivity index is 1.82. The number of thiophene rings is 1. The fraction of sp³-hybridized carbons (Fsp3) is 0.188. The molecule has 3 N–H and O–H groups in total. The topological polar surface area (TPSA) is 120 Å². The molecule has 0 spiro atoms. The molecular formula is C16H17N5O3S2. The zero-order valence-electron chi connectivity index (χ0n) is 14.1. The lowest BCUT2D eigenvalue weighted by Crippen LogP contribution is -2.16. The molecule has 0 atom stereocenters.